The predicted molar refractivity (Wildman–Crippen MR) is 63.7 cm³/mol. The third-order valence-corrected chi connectivity index (χ3v) is 4.94. The number of hydrogen-bond donors (Lipinski definition) is 1. The monoisotopic (exact) mass is 245 g/mol. The zero-order valence-electron chi connectivity index (χ0n) is 8.91. The van der Waals surface area contributed by atoms with Gasteiger partial charge in [-0.2, -0.15) is 0 Å². The molecule has 0 aliphatic carbocycles. The summed E-state index contributed by atoms with van der Waals surface area (Å²) in [6, 6.07) is 3.49. The van der Waals surface area contributed by atoms with E-state index in [4.69, 9.17) is 0 Å². The SMILES string of the molecule is C=C(C)CNS(=O)(=O)c1ccc(CC)s1. The Hall–Kier alpha value is -0.650. The fourth-order valence-electron chi connectivity index (χ4n) is 0.982. The van der Waals surface area contributed by atoms with Gasteiger partial charge in [-0.1, -0.05) is 19.1 Å². The van der Waals surface area contributed by atoms with Gasteiger partial charge in [0.2, 0.25) is 10.0 Å². The second-order valence-electron chi connectivity index (χ2n) is 3.36. The molecule has 0 unspecified atom stereocenters. The molecule has 1 heterocycles. The van der Waals surface area contributed by atoms with Gasteiger partial charge in [-0.3, -0.25) is 0 Å². The maximum absolute atomic E-state index is 11.7. The van der Waals surface area contributed by atoms with Crippen molar-refractivity contribution in [2.24, 2.45) is 0 Å². The Morgan fingerprint density at radius 1 is 1.53 bits per heavy atom. The van der Waals surface area contributed by atoms with Crippen LogP contribution in [-0.2, 0) is 16.4 Å². The lowest BCUT2D eigenvalue weighted by Crippen LogP contribution is -2.24. The van der Waals surface area contributed by atoms with E-state index in [1.165, 1.54) is 11.3 Å². The predicted octanol–water partition coefficient (Wildman–Crippen LogP) is 2.16. The Labute approximate surface area is 94.9 Å². The first-order valence-corrected chi connectivity index (χ1v) is 6.98. The molecule has 1 rings (SSSR count). The topological polar surface area (TPSA) is 46.2 Å². The summed E-state index contributed by atoms with van der Waals surface area (Å²) in [6.45, 7) is 7.73. The molecule has 0 fully saturated rings. The smallest absolute Gasteiger partial charge is 0.206 e. The van der Waals surface area contributed by atoms with Crippen LogP contribution in [0.4, 0.5) is 0 Å². The highest BCUT2D eigenvalue weighted by Gasteiger charge is 2.15. The molecule has 0 aliphatic rings. The summed E-state index contributed by atoms with van der Waals surface area (Å²) in [5.41, 5.74) is 0.797. The Morgan fingerprint density at radius 3 is 2.67 bits per heavy atom. The van der Waals surface area contributed by atoms with Gasteiger partial charge in [0.1, 0.15) is 4.21 Å². The first-order chi connectivity index (χ1) is 6.95. The van der Waals surface area contributed by atoms with Crippen molar-refractivity contribution in [1.29, 1.82) is 0 Å². The fourth-order valence-corrected chi connectivity index (χ4v) is 3.42. The number of thiophene rings is 1. The molecular weight excluding hydrogens is 230 g/mol. The van der Waals surface area contributed by atoms with E-state index in [0.717, 1.165) is 16.9 Å². The van der Waals surface area contributed by atoms with Crippen LogP contribution in [0.3, 0.4) is 0 Å². The van der Waals surface area contributed by atoms with Gasteiger partial charge in [0.05, 0.1) is 0 Å². The molecule has 0 aliphatic heterocycles. The second kappa shape index (κ2) is 4.92. The molecule has 15 heavy (non-hydrogen) atoms. The van der Waals surface area contributed by atoms with Crippen LogP contribution < -0.4 is 4.72 Å². The van der Waals surface area contributed by atoms with Crippen LogP contribution >= 0.6 is 11.3 Å². The molecule has 0 saturated heterocycles. The third-order valence-electron chi connectivity index (χ3n) is 1.81. The summed E-state index contributed by atoms with van der Waals surface area (Å²) < 4.78 is 26.3. The Balaban J connectivity index is 2.81. The first-order valence-electron chi connectivity index (χ1n) is 4.68. The number of nitrogens with one attached hydrogen (secondary N) is 1. The van der Waals surface area contributed by atoms with Crippen LogP contribution in [0, 0.1) is 0 Å². The van der Waals surface area contributed by atoms with Crippen LogP contribution in [0.25, 0.3) is 0 Å². The van der Waals surface area contributed by atoms with Crippen LogP contribution in [0.2, 0.25) is 0 Å². The molecule has 1 aromatic rings. The number of aryl methyl sites for hydroxylation is 1. The van der Waals surface area contributed by atoms with Gasteiger partial charge in [0.15, 0.2) is 0 Å². The van der Waals surface area contributed by atoms with Gasteiger partial charge in [-0.25, -0.2) is 13.1 Å². The average molecular weight is 245 g/mol. The lowest BCUT2D eigenvalue weighted by Gasteiger charge is -2.03. The molecule has 1 N–H and O–H groups in total. The summed E-state index contributed by atoms with van der Waals surface area (Å²) in [6.07, 6.45) is 0.862. The van der Waals surface area contributed by atoms with Crippen LogP contribution in [0.15, 0.2) is 28.5 Å². The van der Waals surface area contributed by atoms with Gasteiger partial charge in [0, 0.05) is 11.4 Å². The molecule has 1 aromatic heterocycles. The minimum Gasteiger partial charge on any atom is -0.206 e. The highest BCUT2D eigenvalue weighted by atomic mass is 32.2. The zero-order chi connectivity index (χ0) is 11.5. The molecule has 0 spiro atoms. The molecule has 3 nitrogen and oxygen atoms in total. The van der Waals surface area contributed by atoms with Crippen molar-refractivity contribution in [3.05, 3.63) is 29.2 Å². The molecular formula is C10H15NO2S2. The summed E-state index contributed by atoms with van der Waals surface area (Å²) in [5.74, 6) is 0. The summed E-state index contributed by atoms with van der Waals surface area (Å²) >= 11 is 1.31. The van der Waals surface area contributed by atoms with Gasteiger partial charge in [-0.05, 0) is 25.5 Å². The van der Waals surface area contributed by atoms with Gasteiger partial charge < -0.3 is 0 Å². The van der Waals surface area contributed by atoms with Crippen molar-refractivity contribution in [3.8, 4) is 0 Å². The minimum absolute atomic E-state index is 0.293. The van der Waals surface area contributed by atoms with Gasteiger partial charge in [0.25, 0.3) is 0 Å². The summed E-state index contributed by atoms with van der Waals surface area (Å²) in [4.78, 5) is 1.07. The highest BCUT2D eigenvalue weighted by molar-refractivity contribution is 7.91. The van der Waals surface area contributed by atoms with E-state index in [1.807, 2.05) is 13.0 Å². The van der Waals surface area contributed by atoms with Crippen molar-refractivity contribution in [2.75, 3.05) is 6.54 Å². The molecule has 0 aromatic carbocycles. The average Bonchev–Trinajstić information content (AvgIpc) is 2.63. The normalized spacial score (nSPS) is 11.6. The lowest BCUT2D eigenvalue weighted by atomic mass is 10.4. The molecule has 0 atom stereocenters. The van der Waals surface area contributed by atoms with E-state index >= 15 is 0 Å². The second-order valence-corrected chi connectivity index (χ2v) is 6.52. The van der Waals surface area contributed by atoms with Crippen molar-refractivity contribution in [3.63, 3.8) is 0 Å². The van der Waals surface area contributed by atoms with Crippen molar-refractivity contribution < 1.29 is 8.42 Å². The Bertz CT molecular complexity index is 446. The summed E-state index contributed by atoms with van der Waals surface area (Å²) in [7, 11) is -3.34. The lowest BCUT2D eigenvalue weighted by molar-refractivity contribution is 0.587. The van der Waals surface area contributed by atoms with Crippen molar-refractivity contribution in [2.45, 2.75) is 24.5 Å². The maximum atomic E-state index is 11.7. The first kappa shape index (κ1) is 12.4. The van der Waals surface area contributed by atoms with E-state index in [9.17, 15) is 8.42 Å². The largest absolute Gasteiger partial charge is 0.250 e. The van der Waals surface area contributed by atoms with E-state index < -0.39 is 10.0 Å². The molecule has 0 radical (unpaired) electrons. The van der Waals surface area contributed by atoms with E-state index in [2.05, 4.69) is 11.3 Å². The number of sulfonamides is 1. The highest BCUT2D eigenvalue weighted by Crippen LogP contribution is 2.21. The van der Waals surface area contributed by atoms with Crippen molar-refractivity contribution >= 4 is 21.4 Å². The van der Waals surface area contributed by atoms with E-state index in [1.54, 1.807) is 13.0 Å². The Morgan fingerprint density at radius 2 is 2.20 bits per heavy atom. The zero-order valence-corrected chi connectivity index (χ0v) is 10.5. The summed E-state index contributed by atoms with van der Waals surface area (Å²) in [5, 5.41) is 0. The quantitative estimate of drug-likeness (QED) is 0.808. The molecule has 0 saturated carbocycles. The van der Waals surface area contributed by atoms with Gasteiger partial charge in [-0.15, -0.1) is 11.3 Å². The molecule has 84 valence electrons. The number of rotatable bonds is 5. The standard InChI is InChI=1S/C10H15NO2S2/c1-4-9-5-6-10(14-9)15(12,13)11-7-8(2)3/h5-6,11H,2,4,7H2,1,3H3. The van der Waals surface area contributed by atoms with Crippen molar-refractivity contribution in [1.82, 2.24) is 4.72 Å². The minimum atomic E-state index is -3.34. The fraction of sp³-hybridized carbons (Fsp3) is 0.400. The van der Waals surface area contributed by atoms with Crippen LogP contribution in [0.1, 0.15) is 18.7 Å². The molecule has 5 heteroatoms. The maximum Gasteiger partial charge on any atom is 0.250 e. The third kappa shape index (κ3) is 3.44. The van der Waals surface area contributed by atoms with Crippen LogP contribution in [-0.4, -0.2) is 15.0 Å². The number of hydrogen-bond acceptors (Lipinski definition) is 3. The van der Waals surface area contributed by atoms with E-state index in [-0.39, 0.29) is 0 Å². The molecule has 0 amide bonds. The van der Waals surface area contributed by atoms with Gasteiger partial charge >= 0.3 is 0 Å². The molecule has 0 bridgehead atoms. The van der Waals surface area contributed by atoms with Crippen LogP contribution in [0.5, 0.6) is 0 Å². The van der Waals surface area contributed by atoms with E-state index in [0.29, 0.717) is 10.8 Å². The Kier molecular flexibility index (Phi) is 4.07.